The van der Waals surface area contributed by atoms with Crippen molar-refractivity contribution in [1.82, 2.24) is 4.90 Å². The number of hydrogen-bond acceptors (Lipinski definition) is 8. The number of sulfonamides is 1. The molecule has 238 valence electrons. The first-order valence-corrected chi connectivity index (χ1v) is 15.9. The zero-order chi connectivity index (χ0) is 32.0. The Hall–Kier alpha value is -3.39. The number of nitrogens with zero attached hydrogens (tertiary/aromatic N) is 2. The molecule has 0 aliphatic heterocycles. The summed E-state index contributed by atoms with van der Waals surface area (Å²) in [6.07, 6.45) is 2.99. The van der Waals surface area contributed by atoms with E-state index in [2.05, 4.69) is 9.46 Å². The maximum atomic E-state index is 13.3. The molecule has 1 heterocycles. The summed E-state index contributed by atoms with van der Waals surface area (Å²) < 4.78 is 70.0. The van der Waals surface area contributed by atoms with Crippen LogP contribution in [0.15, 0.2) is 54.9 Å². The number of aromatic nitrogens is 1. The molecule has 0 saturated heterocycles. The fourth-order valence-corrected chi connectivity index (χ4v) is 5.87. The molecule has 1 N–H and O–H groups in total. The Balaban J connectivity index is 1.60. The Labute approximate surface area is 264 Å². The number of ether oxygens (including phenoxy) is 3. The molecule has 15 heteroatoms. The van der Waals surface area contributed by atoms with Gasteiger partial charge in [0, 0.05) is 24.2 Å². The van der Waals surface area contributed by atoms with E-state index >= 15 is 0 Å². The monoisotopic (exact) mass is 673 g/mol. The number of halogens is 4. The number of benzene rings is 2. The number of hydrogen-bond donors (Lipinski definition) is 1. The summed E-state index contributed by atoms with van der Waals surface area (Å²) in [5.41, 5.74) is 1.05. The highest BCUT2D eigenvalue weighted by molar-refractivity contribution is 7.92. The van der Waals surface area contributed by atoms with Crippen molar-refractivity contribution in [2.45, 2.75) is 32.0 Å². The highest BCUT2D eigenvalue weighted by Gasteiger charge is 2.27. The third-order valence-electron chi connectivity index (χ3n) is 6.62. The maximum absolute atomic E-state index is 13.3. The van der Waals surface area contributed by atoms with Gasteiger partial charge in [-0.05, 0) is 74.8 Å². The van der Waals surface area contributed by atoms with E-state index in [1.807, 2.05) is 0 Å². The molecule has 1 atom stereocenters. The summed E-state index contributed by atoms with van der Waals surface area (Å²) in [4.78, 5) is 15.0. The molecule has 1 saturated carbocycles. The number of carbonyl (C=O) groups excluding carboxylic acids is 1. The number of carbonyl (C=O) groups is 1. The van der Waals surface area contributed by atoms with Gasteiger partial charge in [-0.3, -0.25) is 4.72 Å². The molecule has 44 heavy (non-hydrogen) atoms. The first kappa shape index (κ1) is 33.5. The number of nitrogens with one attached hydrogen (secondary N) is 1. The van der Waals surface area contributed by atoms with Gasteiger partial charge < -0.3 is 24.3 Å². The van der Waals surface area contributed by atoms with Crippen LogP contribution in [0, 0.1) is 11.1 Å². The Kier molecular flexibility index (Phi) is 11.1. The molecule has 0 radical (unpaired) electrons. The molecule has 0 spiro atoms. The van der Waals surface area contributed by atoms with Crippen LogP contribution in [-0.4, -0.2) is 58.9 Å². The van der Waals surface area contributed by atoms with Gasteiger partial charge in [0.05, 0.1) is 17.9 Å². The molecular formula is C29H31Cl2F2N3O7S. The third kappa shape index (κ3) is 9.81. The van der Waals surface area contributed by atoms with Crippen LogP contribution in [0.2, 0.25) is 10.0 Å². The highest BCUT2D eigenvalue weighted by Crippen LogP contribution is 2.38. The average molecular weight is 675 g/mol. The molecule has 0 amide bonds. The van der Waals surface area contributed by atoms with E-state index in [-0.39, 0.29) is 45.0 Å². The molecule has 10 nitrogen and oxygen atoms in total. The number of pyridine rings is 1. The summed E-state index contributed by atoms with van der Waals surface area (Å²) in [6, 6.07) is 9.84. The summed E-state index contributed by atoms with van der Waals surface area (Å²) >= 11 is 12.6. The van der Waals surface area contributed by atoms with Crippen LogP contribution in [0.25, 0.3) is 0 Å². The predicted octanol–water partition coefficient (Wildman–Crippen LogP) is 5.46. The Morgan fingerprint density at radius 1 is 1.09 bits per heavy atom. The zero-order valence-corrected chi connectivity index (χ0v) is 26.2. The van der Waals surface area contributed by atoms with Crippen LogP contribution in [0.3, 0.4) is 0 Å². The van der Waals surface area contributed by atoms with Gasteiger partial charge in [0.25, 0.3) is 0 Å². The quantitative estimate of drug-likeness (QED) is 0.128. The lowest BCUT2D eigenvalue weighted by Gasteiger charge is -2.21. The summed E-state index contributed by atoms with van der Waals surface area (Å²) in [5, 5.41) is 11.9. The maximum Gasteiger partial charge on any atom is 0.387 e. The molecule has 4 rings (SSSR count). The largest absolute Gasteiger partial charge is 0.619 e. The van der Waals surface area contributed by atoms with Crippen molar-refractivity contribution in [3.63, 3.8) is 0 Å². The Morgan fingerprint density at radius 2 is 1.75 bits per heavy atom. The number of rotatable bonds is 15. The Morgan fingerprint density at radius 3 is 2.34 bits per heavy atom. The van der Waals surface area contributed by atoms with Gasteiger partial charge in [-0.15, -0.1) is 0 Å². The standard InChI is InChI=1S/C29H31Cl2F2N3O7S/c1-35(2)11-12-44(39,40)34-21-8-5-19(6-9-21)28(37)42-26(14-22-23(30)15-36(38)16-24(22)31)20-7-10-25(43-29(32)33)27(13-20)41-17-18-3-4-18/h5-10,13,15-16,18,26,29,34H,3-4,11-12,14,17H2,1-2H3/t26-/m0/s1. The second-order valence-corrected chi connectivity index (χ2v) is 13.2. The van der Waals surface area contributed by atoms with E-state index in [0.717, 1.165) is 25.2 Å². The molecule has 1 aromatic heterocycles. The van der Waals surface area contributed by atoms with Crippen LogP contribution in [-0.2, 0) is 21.2 Å². The van der Waals surface area contributed by atoms with E-state index in [1.54, 1.807) is 19.0 Å². The van der Waals surface area contributed by atoms with Crippen molar-refractivity contribution < 1.29 is 40.9 Å². The molecule has 1 aliphatic rings. The van der Waals surface area contributed by atoms with Gasteiger partial charge >= 0.3 is 12.6 Å². The van der Waals surface area contributed by atoms with Gasteiger partial charge in [-0.2, -0.15) is 13.5 Å². The summed E-state index contributed by atoms with van der Waals surface area (Å²) in [7, 11) is -0.0904. The second-order valence-electron chi connectivity index (χ2n) is 10.5. The van der Waals surface area contributed by atoms with Crippen LogP contribution in [0.5, 0.6) is 11.5 Å². The van der Waals surface area contributed by atoms with E-state index in [9.17, 15) is 27.2 Å². The van der Waals surface area contributed by atoms with Gasteiger partial charge in [0.1, 0.15) is 16.1 Å². The highest BCUT2D eigenvalue weighted by atomic mass is 35.5. The molecule has 0 bridgehead atoms. The lowest BCUT2D eigenvalue weighted by Crippen LogP contribution is -2.26. The first-order valence-electron chi connectivity index (χ1n) is 13.5. The van der Waals surface area contributed by atoms with Crippen LogP contribution < -0.4 is 18.9 Å². The van der Waals surface area contributed by atoms with Crippen molar-refractivity contribution in [2.24, 2.45) is 5.92 Å². The van der Waals surface area contributed by atoms with Crippen LogP contribution in [0.4, 0.5) is 14.5 Å². The van der Waals surface area contributed by atoms with Crippen LogP contribution >= 0.6 is 23.2 Å². The number of anilines is 1. The van der Waals surface area contributed by atoms with E-state index < -0.39 is 28.7 Å². The van der Waals surface area contributed by atoms with Crippen LogP contribution in [0.1, 0.15) is 40.4 Å². The molecular weight excluding hydrogens is 643 g/mol. The van der Waals surface area contributed by atoms with Gasteiger partial charge in [-0.25, -0.2) is 13.2 Å². The number of alkyl halides is 2. The van der Waals surface area contributed by atoms with Crippen molar-refractivity contribution in [3.05, 3.63) is 86.8 Å². The van der Waals surface area contributed by atoms with E-state index in [0.29, 0.717) is 34.9 Å². The topological polar surface area (TPSA) is 121 Å². The lowest BCUT2D eigenvalue weighted by atomic mass is 10.0. The normalized spacial score (nSPS) is 14.0. The molecule has 2 aromatic carbocycles. The van der Waals surface area contributed by atoms with Crippen molar-refractivity contribution in [1.29, 1.82) is 0 Å². The first-order chi connectivity index (χ1) is 20.8. The van der Waals surface area contributed by atoms with Gasteiger partial charge in [0.15, 0.2) is 23.9 Å². The van der Waals surface area contributed by atoms with E-state index in [1.165, 1.54) is 42.5 Å². The fourth-order valence-electron chi connectivity index (χ4n) is 4.07. The Bertz CT molecular complexity index is 1550. The summed E-state index contributed by atoms with van der Waals surface area (Å²) in [6.45, 7) is -2.45. The molecule has 1 fully saturated rings. The van der Waals surface area contributed by atoms with Crippen molar-refractivity contribution in [2.75, 3.05) is 37.7 Å². The molecule has 1 aliphatic carbocycles. The van der Waals surface area contributed by atoms with Gasteiger partial charge in [-0.1, -0.05) is 29.3 Å². The molecule has 0 unspecified atom stereocenters. The van der Waals surface area contributed by atoms with Gasteiger partial charge in [0.2, 0.25) is 10.0 Å². The predicted molar refractivity (Wildman–Crippen MR) is 161 cm³/mol. The third-order valence-corrected chi connectivity index (χ3v) is 8.54. The van der Waals surface area contributed by atoms with E-state index in [4.69, 9.17) is 32.7 Å². The van der Waals surface area contributed by atoms with Crippen molar-refractivity contribution >= 4 is 44.9 Å². The minimum atomic E-state index is -3.61. The number of esters is 1. The SMILES string of the molecule is CN(C)CCS(=O)(=O)Nc1ccc(C(=O)O[C@@H](Cc2c(Cl)c[n+]([O-])cc2Cl)c2ccc(OC(F)F)c(OCC3CC3)c2)cc1. The second kappa shape index (κ2) is 14.6. The average Bonchev–Trinajstić information content (AvgIpc) is 3.77. The smallest absolute Gasteiger partial charge is 0.387 e. The van der Waals surface area contributed by atoms with Crippen molar-refractivity contribution in [3.8, 4) is 11.5 Å². The lowest BCUT2D eigenvalue weighted by molar-refractivity contribution is -0.605. The summed E-state index contributed by atoms with van der Waals surface area (Å²) in [5.74, 6) is -0.707. The zero-order valence-electron chi connectivity index (χ0n) is 23.8. The minimum absolute atomic E-state index is 0.0299. The fraction of sp³-hybridized carbons (Fsp3) is 0.379. The molecule has 3 aromatic rings. The minimum Gasteiger partial charge on any atom is -0.619 e.